The summed E-state index contributed by atoms with van der Waals surface area (Å²) in [4.78, 5) is 24.6. The van der Waals surface area contributed by atoms with E-state index in [0.29, 0.717) is 4.91 Å². The summed E-state index contributed by atoms with van der Waals surface area (Å²) in [5.74, 6) is -1.08. The van der Waals surface area contributed by atoms with Crippen LogP contribution in [0.2, 0.25) is 0 Å². The second kappa shape index (κ2) is 5.90. The van der Waals surface area contributed by atoms with E-state index < -0.39 is 12.5 Å². The minimum atomic E-state index is -1.08. The third-order valence-electron chi connectivity index (χ3n) is 3.24. The summed E-state index contributed by atoms with van der Waals surface area (Å²) >= 11 is 6.17. The van der Waals surface area contributed by atoms with E-state index in [4.69, 9.17) is 17.3 Å². The molecule has 0 unspecified atom stereocenters. The van der Waals surface area contributed by atoms with E-state index >= 15 is 0 Å². The average molecular weight is 329 g/mol. The number of hydrogen-bond acceptors (Lipinski definition) is 4. The lowest BCUT2D eigenvalue weighted by atomic mass is 10.1. The lowest BCUT2D eigenvalue weighted by Crippen LogP contribution is -2.32. The minimum absolute atomic E-state index is 0.269. The Morgan fingerprint density at radius 1 is 1.23 bits per heavy atom. The number of thioether (sulfide) groups is 1. The van der Waals surface area contributed by atoms with Crippen molar-refractivity contribution in [2.45, 2.75) is 0 Å². The zero-order valence-electron chi connectivity index (χ0n) is 11.4. The third-order valence-corrected chi connectivity index (χ3v) is 4.73. The van der Waals surface area contributed by atoms with Crippen molar-refractivity contribution >= 4 is 57.0 Å². The Labute approximate surface area is 136 Å². The van der Waals surface area contributed by atoms with Crippen LogP contribution in [0, 0.1) is 0 Å². The van der Waals surface area contributed by atoms with Crippen molar-refractivity contribution < 1.29 is 14.7 Å². The van der Waals surface area contributed by atoms with Crippen LogP contribution in [0.4, 0.5) is 4.79 Å². The number of benzene rings is 2. The number of amides is 1. The van der Waals surface area contributed by atoms with Gasteiger partial charge in [0.25, 0.3) is 5.24 Å². The number of carboxylic acid groups (broad SMARTS) is 1. The lowest BCUT2D eigenvalue weighted by Gasteiger charge is -2.10. The van der Waals surface area contributed by atoms with Crippen LogP contribution in [0.25, 0.3) is 16.8 Å². The van der Waals surface area contributed by atoms with Gasteiger partial charge in [-0.1, -0.05) is 48.6 Å². The molecule has 0 aliphatic carbocycles. The molecule has 0 saturated carbocycles. The first-order valence-electron chi connectivity index (χ1n) is 6.50. The molecule has 1 saturated heterocycles. The van der Waals surface area contributed by atoms with Gasteiger partial charge in [-0.15, -0.1) is 0 Å². The third kappa shape index (κ3) is 2.88. The summed E-state index contributed by atoms with van der Waals surface area (Å²) in [6, 6.07) is 13.9. The molecule has 1 N–H and O–H groups in total. The number of nitrogens with zero attached hydrogens (tertiary/aromatic N) is 1. The van der Waals surface area contributed by atoms with E-state index in [1.807, 2.05) is 48.5 Å². The van der Waals surface area contributed by atoms with E-state index in [1.54, 1.807) is 0 Å². The summed E-state index contributed by atoms with van der Waals surface area (Å²) in [5, 5.41) is 10.7. The minimum Gasteiger partial charge on any atom is -0.480 e. The molecule has 1 amide bonds. The first-order valence-corrected chi connectivity index (χ1v) is 7.73. The smallest absolute Gasteiger partial charge is 0.323 e. The van der Waals surface area contributed by atoms with Crippen molar-refractivity contribution in [3.63, 3.8) is 0 Å². The number of hydrogen-bond donors (Lipinski definition) is 1. The first-order chi connectivity index (χ1) is 10.5. The largest absolute Gasteiger partial charge is 0.480 e. The number of thiocarbonyl (C=S) groups is 1. The second-order valence-electron chi connectivity index (χ2n) is 4.77. The molecule has 0 atom stereocenters. The highest BCUT2D eigenvalue weighted by atomic mass is 32.2. The molecule has 1 aliphatic heterocycles. The van der Waals surface area contributed by atoms with Crippen LogP contribution >= 0.6 is 24.0 Å². The molecule has 0 radical (unpaired) electrons. The normalized spacial score (nSPS) is 16.7. The molecule has 1 fully saturated rings. The Kier molecular flexibility index (Phi) is 3.96. The fraction of sp³-hybridized carbons (Fsp3) is 0.0625. The number of fused-ring (bicyclic) bond motifs is 1. The summed E-state index contributed by atoms with van der Waals surface area (Å²) in [7, 11) is 0. The molecule has 0 spiro atoms. The highest BCUT2D eigenvalue weighted by Gasteiger charge is 2.32. The quantitative estimate of drug-likeness (QED) is 0.686. The summed E-state index contributed by atoms with van der Waals surface area (Å²) in [5.41, 5.74) is 0.925. The van der Waals surface area contributed by atoms with E-state index in [2.05, 4.69) is 0 Å². The van der Waals surface area contributed by atoms with E-state index in [0.717, 1.165) is 33.0 Å². The fourth-order valence-corrected chi connectivity index (χ4v) is 3.46. The molecular weight excluding hydrogens is 318 g/mol. The molecule has 22 heavy (non-hydrogen) atoms. The Morgan fingerprint density at radius 3 is 2.68 bits per heavy atom. The Morgan fingerprint density at radius 2 is 1.95 bits per heavy atom. The van der Waals surface area contributed by atoms with Gasteiger partial charge in [0.05, 0.1) is 4.91 Å². The zero-order chi connectivity index (χ0) is 15.7. The van der Waals surface area contributed by atoms with Gasteiger partial charge >= 0.3 is 5.97 Å². The van der Waals surface area contributed by atoms with Gasteiger partial charge in [-0.25, -0.2) is 0 Å². The van der Waals surface area contributed by atoms with Gasteiger partial charge in [0.1, 0.15) is 11.5 Å². The van der Waals surface area contributed by atoms with Gasteiger partial charge in [0.15, 0.2) is 0 Å². The van der Waals surface area contributed by atoms with Gasteiger partial charge in [0, 0.05) is 0 Å². The molecule has 0 aromatic heterocycles. The standard InChI is InChI=1S/C16H11NO3S2/c18-14(19)9-17-15(21)13(22-16(17)20)8-10-5-6-11-3-1-2-4-12(11)7-10/h1-8H,9H2,(H,18,19). The van der Waals surface area contributed by atoms with Crippen LogP contribution in [0.3, 0.4) is 0 Å². The molecular formula is C16H11NO3S2. The zero-order valence-corrected chi connectivity index (χ0v) is 13.0. The summed E-state index contributed by atoms with van der Waals surface area (Å²) in [6.45, 7) is -0.403. The van der Waals surface area contributed by atoms with E-state index in [1.165, 1.54) is 0 Å². The summed E-state index contributed by atoms with van der Waals surface area (Å²) in [6.07, 6.45) is 1.82. The maximum atomic E-state index is 11.8. The average Bonchev–Trinajstić information content (AvgIpc) is 2.74. The predicted octanol–water partition coefficient (Wildman–Crippen LogP) is 3.76. The van der Waals surface area contributed by atoms with Crippen LogP contribution in [-0.2, 0) is 4.79 Å². The molecule has 2 aromatic carbocycles. The van der Waals surface area contributed by atoms with Crippen LogP contribution in [0.5, 0.6) is 0 Å². The van der Waals surface area contributed by atoms with Gasteiger partial charge < -0.3 is 5.11 Å². The highest BCUT2D eigenvalue weighted by molar-refractivity contribution is 8.19. The number of rotatable bonds is 3. The number of carboxylic acids is 1. The van der Waals surface area contributed by atoms with Crippen molar-refractivity contribution in [2.75, 3.05) is 6.54 Å². The predicted molar refractivity (Wildman–Crippen MR) is 91.9 cm³/mol. The molecule has 110 valence electrons. The van der Waals surface area contributed by atoms with E-state index in [9.17, 15) is 9.59 Å². The highest BCUT2D eigenvalue weighted by Crippen LogP contribution is 2.33. The van der Waals surface area contributed by atoms with Crippen molar-refractivity contribution in [2.24, 2.45) is 0 Å². The number of carbonyl (C=O) groups is 2. The monoisotopic (exact) mass is 329 g/mol. The second-order valence-corrected chi connectivity index (χ2v) is 6.15. The molecule has 2 aromatic rings. The van der Waals surface area contributed by atoms with Crippen LogP contribution in [-0.4, -0.2) is 32.7 Å². The van der Waals surface area contributed by atoms with Gasteiger partial charge in [-0.3, -0.25) is 14.5 Å². The molecule has 6 heteroatoms. The number of carbonyl (C=O) groups excluding carboxylic acids is 1. The molecule has 0 bridgehead atoms. The number of aliphatic carboxylic acids is 1. The van der Waals surface area contributed by atoms with Gasteiger partial charge in [0.2, 0.25) is 0 Å². The van der Waals surface area contributed by atoms with Gasteiger partial charge in [-0.05, 0) is 40.2 Å². The van der Waals surface area contributed by atoms with Crippen LogP contribution in [0.15, 0.2) is 47.4 Å². The Bertz CT molecular complexity index is 829. The molecule has 1 heterocycles. The van der Waals surface area contributed by atoms with Crippen molar-refractivity contribution in [3.8, 4) is 0 Å². The van der Waals surface area contributed by atoms with Gasteiger partial charge in [-0.2, -0.15) is 0 Å². The lowest BCUT2D eigenvalue weighted by molar-refractivity contribution is -0.136. The van der Waals surface area contributed by atoms with Crippen molar-refractivity contribution in [1.82, 2.24) is 4.90 Å². The van der Waals surface area contributed by atoms with E-state index in [-0.39, 0.29) is 10.2 Å². The SMILES string of the molecule is O=C(O)CN1C(=O)SC(=Cc2ccc3ccccc3c2)C1=S. The summed E-state index contributed by atoms with van der Waals surface area (Å²) < 4.78 is 0. The Balaban J connectivity index is 1.92. The van der Waals surface area contributed by atoms with Crippen LogP contribution in [0.1, 0.15) is 5.56 Å². The maximum absolute atomic E-state index is 11.8. The topological polar surface area (TPSA) is 57.6 Å². The Hall–Kier alpha value is -2.18. The first kappa shape index (κ1) is 14.7. The van der Waals surface area contributed by atoms with Crippen molar-refractivity contribution in [3.05, 3.63) is 52.9 Å². The molecule has 3 rings (SSSR count). The molecule has 4 nitrogen and oxygen atoms in total. The molecule has 1 aliphatic rings. The fourth-order valence-electron chi connectivity index (χ4n) is 2.22. The maximum Gasteiger partial charge on any atom is 0.323 e. The van der Waals surface area contributed by atoms with Crippen LogP contribution < -0.4 is 0 Å². The van der Waals surface area contributed by atoms with Crippen molar-refractivity contribution in [1.29, 1.82) is 0 Å².